The van der Waals surface area contributed by atoms with Gasteiger partial charge in [0.05, 0.1) is 11.6 Å². The van der Waals surface area contributed by atoms with Crippen LogP contribution in [0, 0.1) is 12.8 Å². The molecule has 1 amide bonds. The lowest BCUT2D eigenvalue weighted by Gasteiger charge is -2.31. The first kappa shape index (κ1) is 14.7. The van der Waals surface area contributed by atoms with E-state index in [-0.39, 0.29) is 11.8 Å². The van der Waals surface area contributed by atoms with Crippen LogP contribution in [-0.2, 0) is 4.79 Å². The van der Waals surface area contributed by atoms with E-state index in [0.717, 1.165) is 57.0 Å². The van der Waals surface area contributed by atoms with Crippen LogP contribution < -0.4 is 11.1 Å². The summed E-state index contributed by atoms with van der Waals surface area (Å²) >= 11 is 0. The third-order valence-corrected chi connectivity index (χ3v) is 3.66. The van der Waals surface area contributed by atoms with Crippen LogP contribution in [0.15, 0.2) is 12.1 Å². The van der Waals surface area contributed by atoms with E-state index in [2.05, 4.69) is 20.4 Å². The predicted molar refractivity (Wildman–Crippen MR) is 78.2 cm³/mol. The number of carbonyl (C=O) groups excluding carboxylic acids is 1. The number of primary amides is 1. The third kappa shape index (κ3) is 4.45. The molecule has 1 atom stereocenters. The summed E-state index contributed by atoms with van der Waals surface area (Å²) in [5, 5.41) is 11.3. The van der Waals surface area contributed by atoms with Crippen molar-refractivity contribution < 1.29 is 4.79 Å². The topological polar surface area (TPSA) is 84.1 Å². The zero-order valence-corrected chi connectivity index (χ0v) is 12.0. The molecule has 0 spiro atoms. The molecule has 0 saturated carbocycles. The summed E-state index contributed by atoms with van der Waals surface area (Å²) in [6, 6.07) is 3.88. The van der Waals surface area contributed by atoms with E-state index in [1.165, 1.54) is 0 Å². The van der Waals surface area contributed by atoms with Crippen LogP contribution in [0.2, 0.25) is 0 Å². The van der Waals surface area contributed by atoms with E-state index in [1.807, 2.05) is 19.1 Å². The van der Waals surface area contributed by atoms with Gasteiger partial charge in [-0.3, -0.25) is 4.79 Å². The first-order valence-electron chi connectivity index (χ1n) is 7.21. The third-order valence-electron chi connectivity index (χ3n) is 3.66. The van der Waals surface area contributed by atoms with Crippen molar-refractivity contribution in [1.29, 1.82) is 0 Å². The van der Waals surface area contributed by atoms with Crippen LogP contribution in [0.4, 0.5) is 5.82 Å². The van der Waals surface area contributed by atoms with Crippen molar-refractivity contribution in [2.75, 3.05) is 31.5 Å². The Labute approximate surface area is 119 Å². The van der Waals surface area contributed by atoms with Gasteiger partial charge < -0.3 is 16.0 Å². The van der Waals surface area contributed by atoms with E-state index >= 15 is 0 Å². The SMILES string of the molecule is Cc1ccc(NCCCN2CCC[C@H](C(N)=O)C2)nn1. The fourth-order valence-electron chi connectivity index (χ4n) is 2.50. The van der Waals surface area contributed by atoms with Crippen LogP contribution in [0.3, 0.4) is 0 Å². The Hall–Kier alpha value is -1.69. The maximum absolute atomic E-state index is 11.2. The molecule has 0 aliphatic carbocycles. The Morgan fingerprint density at radius 2 is 2.35 bits per heavy atom. The molecule has 2 rings (SSSR count). The minimum absolute atomic E-state index is 0.0275. The van der Waals surface area contributed by atoms with E-state index < -0.39 is 0 Å². The zero-order valence-electron chi connectivity index (χ0n) is 12.0. The van der Waals surface area contributed by atoms with Crippen LogP contribution >= 0.6 is 0 Å². The fourth-order valence-corrected chi connectivity index (χ4v) is 2.50. The number of nitrogens with one attached hydrogen (secondary N) is 1. The van der Waals surface area contributed by atoms with Gasteiger partial charge in [-0.1, -0.05) is 0 Å². The monoisotopic (exact) mass is 277 g/mol. The van der Waals surface area contributed by atoms with Crippen LogP contribution in [0.25, 0.3) is 0 Å². The van der Waals surface area contributed by atoms with E-state index in [1.54, 1.807) is 0 Å². The average molecular weight is 277 g/mol. The maximum Gasteiger partial charge on any atom is 0.221 e. The number of carbonyl (C=O) groups is 1. The fraction of sp³-hybridized carbons (Fsp3) is 0.643. The van der Waals surface area contributed by atoms with Gasteiger partial charge in [0.1, 0.15) is 5.82 Å². The number of amides is 1. The number of likely N-dealkylation sites (tertiary alicyclic amines) is 1. The molecule has 0 bridgehead atoms. The number of nitrogens with two attached hydrogens (primary N) is 1. The highest BCUT2D eigenvalue weighted by Crippen LogP contribution is 2.16. The Kier molecular flexibility index (Phi) is 5.29. The predicted octanol–water partition coefficient (Wildman–Crippen LogP) is 0.784. The van der Waals surface area contributed by atoms with Gasteiger partial charge in [0, 0.05) is 13.1 Å². The molecule has 1 aliphatic heterocycles. The van der Waals surface area contributed by atoms with E-state index in [0.29, 0.717) is 0 Å². The average Bonchev–Trinajstić information content (AvgIpc) is 2.46. The molecule has 3 N–H and O–H groups in total. The zero-order chi connectivity index (χ0) is 14.4. The van der Waals surface area contributed by atoms with Crippen LogP contribution in [-0.4, -0.2) is 47.2 Å². The van der Waals surface area contributed by atoms with Crippen LogP contribution in [0.1, 0.15) is 25.0 Å². The van der Waals surface area contributed by atoms with Gasteiger partial charge in [-0.25, -0.2) is 0 Å². The number of anilines is 1. The molecule has 1 aromatic rings. The van der Waals surface area contributed by atoms with Gasteiger partial charge >= 0.3 is 0 Å². The van der Waals surface area contributed by atoms with Crippen molar-refractivity contribution in [3.63, 3.8) is 0 Å². The maximum atomic E-state index is 11.2. The molecule has 1 fully saturated rings. The highest BCUT2D eigenvalue weighted by Gasteiger charge is 2.23. The van der Waals surface area contributed by atoms with Crippen molar-refractivity contribution in [1.82, 2.24) is 15.1 Å². The summed E-state index contributed by atoms with van der Waals surface area (Å²) in [6.45, 7) is 5.63. The summed E-state index contributed by atoms with van der Waals surface area (Å²) in [5.41, 5.74) is 6.30. The van der Waals surface area contributed by atoms with E-state index in [9.17, 15) is 4.79 Å². The Bertz CT molecular complexity index is 434. The summed E-state index contributed by atoms with van der Waals surface area (Å²) in [4.78, 5) is 13.5. The minimum atomic E-state index is -0.164. The van der Waals surface area contributed by atoms with Crippen LogP contribution in [0.5, 0.6) is 0 Å². The first-order chi connectivity index (χ1) is 9.65. The molecule has 20 heavy (non-hydrogen) atoms. The number of rotatable bonds is 6. The Balaban J connectivity index is 1.65. The van der Waals surface area contributed by atoms with Crippen molar-refractivity contribution in [2.45, 2.75) is 26.2 Å². The number of nitrogens with zero attached hydrogens (tertiary/aromatic N) is 3. The standard InChI is InChI=1S/C14H23N5O/c1-11-5-6-13(18-17-11)16-7-3-9-19-8-2-4-12(10-19)14(15)20/h5-6,12H,2-4,7-10H2,1H3,(H2,15,20)(H,16,18)/t12-/m0/s1. The summed E-state index contributed by atoms with van der Waals surface area (Å²) in [6.07, 6.45) is 3.01. The van der Waals surface area contributed by atoms with Gasteiger partial charge in [0.15, 0.2) is 0 Å². The lowest BCUT2D eigenvalue weighted by Crippen LogP contribution is -2.41. The first-order valence-corrected chi connectivity index (χ1v) is 7.21. The molecule has 110 valence electrons. The summed E-state index contributed by atoms with van der Waals surface area (Å²) < 4.78 is 0. The van der Waals surface area contributed by atoms with Crippen molar-refractivity contribution >= 4 is 11.7 Å². The summed E-state index contributed by atoms with van der Waals surface area (Å²) in [5.74, 6) is 0.673. The number of piperidine rings is 1. The highest BCUT2D eigenvalue weighted by atomic mass is 16.1. The van der Waals surface area contributed by atoms with Crippen molar-refractivity contribution in [2.24, 2.45) is 11.7 Å². The number of aromatic nitrogens is 2. The van der Waals surface area contributed by atoms with Crippen molar-refractivity contribution in [3.8, 4) is 0 Å². The smallest absolute Gasteiger partial charge is 0.221 e. The number of hydrogen-bond donors (Lipinski definition) is 2. The second-order valence-corrected chi connectivity index (χ2v) is 5.38. The minimum Gasteiger partial charge on any atom is -0.369 e. The summed E-state index contributed by atoms with van der Waals surface area (Å²) in [7, 11) is 0. The molecule has 1 aromatic heterocycles. The Morgan fingerprint density at radius 1 is 1.50 bits per heavy atom. The molecule has 2 heterocycles. The molecule has 0 aromatic carbocycles. The second-order valence-electron chi connectivity index (χ2n) is 5.38. The van der Waals surface area contributed by atoms with Crippen molar-refractivity contribution in [3.05, 3.63) is 17.8 Å². The lowest BCUT2D eigenvalue weighted by molar-refractivity contribution is -0.123. The van der Waals surface area contributed by atoms with Gasteiger partial charge in [-0.15, -0.1) is 5.10 Å². The number of hydrogen-bond acceptors (Lipinski definition) is 5. The molecule has 6 nitrogen and oxygen atoms in total. The lowest BCUT2D eigenvalue weighted by atomic mass is 9.97. The molecule has 6 heteroatoms. The molecular formula is C14H23N5O. The van der Waals surface area contributed by atoms with Gasteiger partial charge in [0.25, 0.3) is 0 Å². The normalized spacial score (nSPS) is 19.8. The van der Waals surface area contributed by atoms with E-state index in [4.69, 9.17) is 5.73 Å². The molecule has 1 aliphatic rings. The highest BCUT2D eigenvalue weighted by molar-refractivity contribution is 5.76. The quantitative estimate of drug-likeness (QED) is 0.751. The molecular weight excluding hydrogens is 254 g/mol. The van der Waals surface area contributed by atoms with Gasteiger partial charge in [-0.2, -0.15) is 5.10 Å². The second kappa shape index (κ2) is 7.19. The van der Waals surface area contributed by atoms with Gasteiger partial charge in [-0.05, 0) is 51.4 Å². The number of aryl methyl sites for hydroxylation is 1. The molecule has 1 saturated heterocycles. The van der Waals surface area contributed by atoms with Gasteiger partial charge in [0.2, 0.25) is 5.91 Å². The largest absolute Gasteiger partial charge is 0.369 e. The molecule has 0 unspecified atom stereocenters. The Morgan fingerprint density at radius 3 is 3.05 bits per heavy atom. The molecule has 0 radical (unpaired) electrons.